The fourth-order valence-corrected chi connectivity index (χ4v) is 0.440. The van der Waals surface area contributed by atoms with Crippen LogP contribution in [0.3, 0.4) is 0 Å². The normalized spacial score (nSPS) is 9.11. The van der Waals surface area contributed by atoms with Gasteiger partial charge in [-0.1, -0.05) is 0 Å². The van der Waals surface area contributed by atoms with Crippen LogP contribution in [0.15, 0.2) is 22.8 Å². The summed E-state index contributed by atoms with van der Waals surface area (Å²) in [6, 6.07) is 1.33. The quantitative estimate of drug-likeness (QED) is 0.567. The summed E-state index contributed by atoms with van der Waals surface area (Å²) in [5.41, 5.74) is 0.329. The van der Waals surface area contributed by atoms with Crippen LogP contribution in [-0.4, -0.2) is 0 Å². The van der Waals surface area contributed by atoms with Crippen molar-refractivity contribution in [3.8, 4) is 0 Å². The van der Waals surface area contributed by atoms with Gasteiger partial charge in [-0.3, -0.25) is 0 Å². The Morgan fingerprint density at radius 2 is 2.44 bits per heavy atom. The highest BCUT2D eigenvalue weighted by molar-refractivity contribution is 5.47. The third kappa shape index (κ3) is 1.68. The van der Waals surface area contributed by atoms with Crippen molar-refractivity contribution in [1.82, 2.24) is 0 Å². The first-order valence-electron chi connectivity index (χ1n) is 2.26. The molecule has 0 aliphatic rings. The largest absolute Gasteiger partial charge is 0.460 e. The molecular formula is C6H3F2O. The highest BCUT2D eigenvalue weighted by atomic mass is 19.3. The van der Waals surface area contributed by atoms with Gasteiger partial charge in [-0.05, 0) is 6.07 Å². The molecule has 1 nitrogen and oxygen atoms in total. The van der Waals surface area contributed by atoms with Crippen LogP contribution in [0.4, 0.5) is 8.78 Å². The Bertz CT molecular complexity index is 197. The van der Waals surface area contributed by atoms with Gasteiger partial charge in [-0.2, -0.15) is 8.78 Å². The van der Waals surface area contributed by atoms with E-state index in [-0.39, 0.29) is 0 Å². The molecule has 1 aromatic rings. The van der Waals surface area contributed by atoms with Gasteiger partial charge in [0.05, 0.1) is 6.26 Å². The predicted octanol–water partition coefficient (Wildman–Crippen LogP) is 2.32. The minimum absolute atomic E-state index is 0.329. The average molecular weight is 129 g/mol. The fraction of sp³-hybridized carbons (Fsp3) is 0. The van der Waals surface area contributed by atoms with Crippen LogP contribution in [0, 0.1) is 6.26 Å². The molecule has 0 saturated carbocycles. The summed E-state index contributed by atoms with van der Waals surface area (Å²) in [7, 11) is 0. The summed E-state index contributed by atoms with van der Waals surface area (Å²) >= 11 is 0. The molecule has 1 rings (SSSR count). The lowest BCUT2D eigenvalue weighted by Gasteiger charge is -1.76. The maximum absolute atomic E-state index is 11.4. The van der Waals surface area contributed by atoms with E-state index in [1.165, 1.54) is 12.3 Å². The molecule has 0 aromatic carbocycles. The van der Waals surface area contributed by atoms with Gasteiger partial charge in [0.2, 0.25) is 0 Å². The molecule has 0 atom stereocenters. The number of hydrogen-bond donors (Lipinski definition) is 0. The number of rotatable bonds is 1. The summed E-state index contributed by atoms with van der Waals surface area (Å²) in [4.78, 5) is 0. The second-order valence-corrected chi connectivity index (χ2v) is 1.43. The Hall–Kier alpha value is -1.12. The van der Waals surface area contributed by atoms with E-state index in [2.05, 4.69) is 10.7 Å². The predicted molar refractivity (Wildman–Crippen MR) is 27.7 cm³/mol. The second-order valence-electron chi connectivity index (χ2n) is 1.43. The van der Waals surface area contributed by atoms with E-state index in [1.807, 2.05) is 0 Å². The van der Waals surface area contributed by atoms with Crippen LogP contribution in [0.25, 0.3) is 6.08 Å². The first kappa shape index (κ1) is 6.01. The summed E-state index contributed by atoms with van der Waals surface area (Å²) < 4.78 is 27.2. The summed E-state index contributed by atoms with van der Waals surface area (Å²) in [6.45, 7) is 0. The number of hydrogen-bond acceptors (Lipinski definition) is 1. The third-order valence-corrected chi connectivity index (χ3v) is 0.764. The molecule has 0 aliphatic carbocycles. The highest BCUT2D eigenvalue weighted by Crippen LogP contribution is 2.07. The van der Waals surface area contributed by atoms with Crippen LogP contribution in [-0.2, 0) is 0 Å². The SMILES string of the molecule is FC(F)=Cc1c[c]oc1. The lowest BCUT2D eigenvalue weighted by atomic mass is 10.3. The molecule has 0 amide bonds. The average Bonchev–Trinajstić information content (AvgIpc) is 2.15. The summed E-state index contributed by atoms with van der Waals surface area (Å²) in [5, 5.41) is 0. The Morgan fingerprint density at radius 1 is 1.67 bits per heavy atom. The Morgan fingerprint density at radius 3 is 2.89 bits per heavy atom. The van der Waals surface area contributed by atoms with Gasteiger partial charge in [-0.25, -0.2) is 0 Å². The Kier molecular flexibility index (Phi) is 1.63. The van der Waals surface area contributed by atoms with Crippen LogP contribution in [0.2, 0.25) is 0 Å². The van der Waals surface area contributed by atoms with Crippen molar-refractivity contribution in [3.63, 3.8) is 0 Å². The lowest BCUT2D eigenvalue weighted by molar-refractivity contribution is 0.429. The smallest absolute Gasteiger partial charge is 0.271 e. The Balaban J connectivity index is 2.80. The zero-order chi connectivity index (χ0) is 6.69. The standard InChI is InChI=1S/C6H3F2O/c7-6(8)3-5-1-2-9-4-5/h1,3-4H. The van der Waals surface area contributed by atoms with E-state index in [0.29, 0.717) is 11.6 Å². The van der Waals surface area contributed by atoms with E-state index in [9.17, 15) is 8.78 Å². The Labute approximate surface area is 50.6 Å². The molecule has 3 heteroatoms. The lowest BCUT2D eigenvalue weighted by Crippen LogP contribution is -1.59. The first-order valence-corrected chi connectivity index (χ1v) is 2.26. The molecule has 47 valence electrons. The maximum Gasteiger partial charge on any atom is 0.271 e. The zero-order valence-electron chi connectivity index (χ0n) is 4.40. The van der Waals surface area contributed by atoms with E-state index in [1.54, 1.807) is 0 Å². The second kappa shape index (κ2) is 2.44. The monoisotopic (exact) mass is 129 g/mol. The number of furan rings is 1. The first-order chi connectivity index (χ1) is 4.29. The van der Waals surface area contributed by atoms with Crippen molar-refractivity contribution < 1.29 is 13.2 Å². The van der Waals surface area contributed by atoms with Gasteiger partial charge in [0.15, 0.2) is 6.26 Å². The molecule has 0 aliphatic heterocycles. The molecule has 0 unspecified atom stereocenters. The van der Waals surface area contributed by atoms with Gasteiger partial charge >= 0.3 is 0 Å². The molecular weight excluding hydrogens is 126 g/mol. The van der Waals surface area contributed by atoms with Crippen molar-refractivity contribution >= 4 is 6.08 Å². The van der Waals surface area contributed by atoms with Crippen LogP contribution in [0.5, 0.6) is 0 Å². The van der Waals surface area contributed by atoms with Crippen LogP contribution >= 0.6 is 0 Å². The molecule has 0 spiro atoms. The van der Waals surface area contributed by atoms with Gasteiger partial charge in [-0.15, -0.1) is 0 Å². The van der Waals surface area contributed by atoms with E-state index >= 15 is 0 Å². The molecule has 0 saturated heterocycles. The van der Waals surface area contributed by atoms with Gasteiger partial charge in [0.25, 0.3) is 6.08 Å². The van der Waals surface area contributed by atoms with Crippen molar-refractivity contribution in [2.75, 3.05) is 0 Å². The highest BCUT2D eigenvalue weighted by Gasteiger charge is 1.91. The molecule has 1 radical (unpaired) electrons. The summed E-state index contributed by atoms with van der Waals surface area (Å²) in [5.74, 6) is 0. The maximum atomic E-state index is 11.4. The molecule has 0 fully saturated rings. The minimum Gasteiger partial charge on any atom is -0.460 e. The minimum atomic E-state index is -1.73. The number of halogens is 2. The molecule has 9 heavy (non-hydrogen) atoms. The topological polar surface area (TPSA) is 13.1 Å². The van der Waals surface area contributed by atoms with Gasteiger partial charge in [0, 0.05) is 11.6 Å². The third-order valence-electron chi connectivity index (χ3n) is 0.764. The fourth-order valence-electron chi connectivity index (χ4n) is 0.440. The van der Waals surface area contributed by atoms with Crippen molar-refractivity contribution in [2.24, 2.45) is 0 Å². The van der Waals surface area contributed by atoms with Crippen molar-refractivity contribution in [3.05, 3.63) is 30.2 Å². The van der Waals surface area contributed by atoms with E-state index in [0.717, 1.165) is 0 Å². The van der Waals surface area contributed by atoms with Crippen molar-refractivity contribution in [2.45, 2.75) is 0 Å². The van der Waals surface area contributed by atoms with E-state index < -0.39 is 6.08 Å². The van der Waals surface area contributed by atoms with E-state index in [4.69, 9.17) is 0 Å². The van der Waals surface area contributed by atoms with Crippen LogP contribution < -0.4 is 0 Å². The summed E-state index contributed by atoms with van der Waals surface area (Å²) in [6.07, 6.45) is 2.45. The van der Waals surface area contributed by atoms with Crippen molar-refractivity contribution in [1.29, 1.82) is 0 Å². The molecule has 1 heterocycles. The van der Waals surface area contributed by atoms with Gasteiger partial charge < -0.3 is 4.42 Å². The molecule has 0 bridgehead atoms. The molecule has 0 N–H and O–H groups in total. The zero-order valence-corrected chi connectivity index (χ0v) is 4.40. The molecule has 1 aromatic heterocycles. The van der Waals surface area contributed by atoms with Crippen LogP contribution in [0.1, 0.15) is 5.56 Å². The van der Waals surface area contributed by atoms with Gasteiger partial charge in [0.1, 0.15) is 0 Å².